The normalized spacial score (nSPS) is 19.2. The average molecular weight is 453 g/mol. The van der Waals surface area contributed by atoms with E-state index in [0.717, 1.165) is 38.3 Å². The molecule has 1 saturated heterocycles. The molecule has 2 amide bonds. The topological polar surface area (TPSA) is 99.8 Å². The van der Waals surface area contributed by atoms with Crippen LogP contribution < -0.4 is 16.4 Å². The number of hydrogen-bond donors (Lipinski definition) is 3. The van der Waals surface area contributed by atoms with Crippen LogP contribution in [0.15, 0.2) is 4.99 Å². The number of guanidine groups is 1. The van der Waals surface area contributed by atoms with Gasteiger partial charge >= 0.3 is 0 Å². The van der Waals surface area contributed by atoms with E-state index in [4.69, 9.17) is 5.73 Å². The predicted molar refractivity (Wildman–Crippen MR) is 107 cm³/mol. The first kappa shape index (κ1) is 22.9. The van der Waals surface area contributed by atoms with E-state index in [1.54, 1.807) is 7.05 Å². The molecule has 2 unspecified atom stereocenters. The van der Waals surface area contributed by atoms with E-state index in [1.165, 1.54) is 0 Å². The van der Waals surface area contributed by atoms with Crippen molar-refractivity contribution in [3.05, 3.63) is 0 Å². The zero-order valence-electron chi connectivity index (χ0n) is 15.0. The summed E-state index contributed by atoms with van der Waals surface area (Å²) in [4.78, 5) is 29.3. The van der Waals surface area contributed by atoms with E-state index >= 15 is 0 Å². The number of nitrogens with zero attached hydrogens (tertiary/aromatic N) is 2. The predicted octanol–water partition coefficient (Wildman–Crippen LogP) is 1.07. The molecule has 140 valence electrons. The monoisotopic (exact) mass is 453 g/mol. The van der Waals surface area contributed by atoms with Crippen molar-refractivity contribution >= 4 is 41.8 Å². The lowest BCUT2D eigenvalue weighted by molar-refractivity contribution is -0.121. The number of nitrogens with two attached hydrogens (primary N) is 1. The lowest BCUT2D eigenvalue weighted by Gasteiger charge is -2.34. The minimum atomic E-state index is -0.249. The van der Waals surface area contributed by atoms with Crippen LogP contribution in [0.25, 0.3) is 0 Å². The molecule has 1 aliphatic heterocycles. The van der Waals surface area contributed by atoms with Crippen LogP contribution in [0.5, 0.6) is 0 Å². The van der Waals surface area contributed by atoms with Gasteiger partial charge < -0.3 is 21.3 Å². The van der Waals surface area contributed by atoms with Crippen LogP contribution in [0.4, 0.5) is 0 Å². The third-order valence-electron chi connectivity index (χ3n) is 4.18. The molecule has 0 saturated carbocycles. The molecule has 0 spiro atoms. The number of carbonyl (C=O) groups is 2. The molecule has 0 aliphatic carbocycles. The van der Waals surface area contributed by atoms with Crippen molar-refractivity contribution in [1.82, 2.24) is 15.5 Å². The largest absolute Gasteiger partial charge is 0.370 e. The molecule has 1 rings (SSSR count). The van der Waals surface area contributed by atoms with Gasteiger partial charge in [0.2, 0.25) is 11.8 Å². The summed E-state index contributed by atoms with van der Waals surface area (Å²) in [7, 11) is 1.74. The lowest BCUT2D eigenvalue weighted by atomic mass is 9.95. The number of likely N-dealkylation sites (tertiary alicyclic amines) is 1. The minimum absolute atomic E-state index is 0. The summed E-state index contributed by atoms with van der Waals surface area (Å²) in [6.45, 7) is 6.28. The molecule has 1 heterocycles. The fourth-order valence-electron chi connectivity index (χ4n) is 2.78. The summed E-state index contributed by atoms with van der Waals surface area (Å²) in [5, 5.41) is 6.18. The first-order valence-corrected chi connectivity index (χ1v) is 8.49. The summed E-state index contributed by atoms with van der Waals surface area (Å²) in [5.41, 5.74) is 5.29. The molecule has 0 aromatic rings. The molecule has 2 atom stereocenters. The Bertz CT molecular complexity index is 431. The van der Waals surface area contributed by atoms with Gasteiger partial charge in [-0.15, -0.1) is 24.0 Å². The number of piperidine rings is 1. The molecule has 4 N–H and O–H groups in total. The van der Waals surface area contributed by atoms with E-state index in [0.29, 0.717) is 19.4 Å². The zero-order chi connectivity index (χ0) is 17.2. The smallest absolute Gasteiger partial charge is 0.221 e. The van der Waals surface area contributed by atoms with Gasteiger partial charge in [0.15, 0.2) is 5.96 Å². The van der Waals surface area contributed by atoms with Gasteiger partial charge in [0.05, 0.1) is 0 Å². The number of aliphatic imine (C=N–C) groups is 1. The highest BCUT2D eigenvalue weighted by Gasteiger charge is 2.23. The quantitative estimate of drug-likeness (QED) is 0.305. The molecule has 1 aliphatic rings. The Balaban J connectivity index is 0.00000529. The summed E-state index contributed by atoms with van der Waals surface area (Å²) < 4.78 is 0. The highest BCUT2D eigenvalue weighted by atomic mass is 127. The Morgan fingerprint density at radius 3 is 2.71 bits per heavy atom. The second kappa shape index (κ2) is 12.3. The number of nitrogens with one attached hydrogen (secondary N) is 2. The van der Waals surface area contributed by atoms with Crippen LogP contribution in [-0.4, -0.2) is 55.4 Å². The number of halogens is 1. The lowest BCUT2D eigenvalue weighted by Crippen LogP contribution is -2.48. The first-order chi connectivity index (χ1) is 11.0. The molecular weight excluding hydrogens is 421 g/mol. The SMILES string of the molecule is CCC(C)NC(=O)CCNC(=NC)N1CCCC(CC(N)=O)C1.I. The highest BCUT2D eigenvalue weighted by molar-refractivity contribution is 14.0. The van der Waals surface area contributed by atoms with E-state index in [9.17, 15) is 9.59 Å². The molecule has 24 heavy (non-hydrogen) atoms. The molecule has 0 aromatic heterocycles. The molecule has 0 radical (unpaired) electrons. The maximum Gasteiger partial charge on any atom is 0.221 e. The van der Waals surface area contributed by atoms with E-state index in [-0.39, 0.29) is 47.8 Å². The average Bonchev–Trinajstić information content (AvgIpc) is 2.51. The molecule has 0 bridgehead atoms. The second-order valence-electron chi connectivity index (χ2n) is 6.23. The van der Waals surface area contributed by atoms with Crippen molar-refractivity contribution in [2.75, 3.05) is 26.7 Å². The number of hydrogen-bond acceptors (Lipinski definition) is 3. The second-order valence-corrected chi connectivity index (χ2v) is 6.23. The Hall–Kier alpha value is -1.06. The van der Waals surface area contributed by atoms with Crippen molar-refractivity contribution in [3.8, 4) is 0 Å². The number of amides is 2. The van der Waals surface area contributed by atoms with E-state index in [1.807, 2.05) is 13.8 Å². The van der Waals surface area contributed by atoms with Gasteiger partial charge in [-0.3, -0.25) is 14.6 Å². The standard InChI is InChI=1S/C16H31N5O2.HI/c1-4-12(2)20-15(23)7-8-19-16(18-3)21-9-5-6-13(11-21)10-14(17)22;/h12-13H,4-11H2,1-3H3,(H2,17,22)(H,18,19)(H,20,23);1H. The van der Waals surface area contributed by atoms with Crippen LogP contribution >= 0.6 is 24.0 Å². The van der Waals surface area contributed by atoms with Crippen LogP contribution in [0.1, 0.15) is 46.0 Å². The summed E-state index contributed by atoms with van der Waals surface area (Å²) in [5.74, 6) is 0.873. The van der Waals surface area contributed by atoms with Gasteiger partial charge in [0.25, 0.3) is 0 Å². The van der Waals surface area contributed by atoms with E-state index < -0.39 is 0 Å². The van der Waals surface area contributed by atoms with Gasteiger partial charge in [-0.25, -0.2) is 0 Å². The Morgan fingerprint density at radius 2 is 2.12 bits per heavy atom. The Labute approximate surface area is 162 Å². The van der Waals surface area contributed by atoms with Crippen LogP contribution in [0.3, 0.4) is 0 Å². The minimum Gasteiger partial charge on any atom is -0.370 e. The number of rotatable bonds is 7. The van der Waals surface area contributed by atoms with Gasteiger partial charge in [0, 0.05) is 45.6 Å². The Kier molecular flexibility index (Phi) is 11.8. The molecule has 7 nitrogen and oxygen atoms in total. The van der Waals surface area contributed by atoms with Crippen molar-refractivity contribution in [2.24, 2.45) is 16.6 Å². The van der Waals surface area contributed by atoms with Crippen molar-refractivity contribution < 1.29 is 9.59 Å². The summed E-state index contributed by atoms with van der Waals surface area (Å²) in [6.07, 6.45) is 3.81. The van der Waals surface area contributed by atoms with Crippen molar-refractivity contribution in [1.29, 1.82) is 0 Å². The number of carbonyl (C=O) groups excluding carboxylic acids is 2. The molecular formula is C16H32IN5O2. The van der Waals surface area contributed by atoms with Crippen LogP contribution in [0, 0.1) is 5.92 Å². The summed E-state index contributed by atoms with van der Waals surface area (Å²) in [6, 6.07) is 0.207. The third-order valence-corrected chi connectivity index (χ3v) is 4.18. The zero-order valence-corrected chi connectivity index (χ0v) is 17.3. The van der Waals surface area contributed by atoms with Crippen LogP contribution in [0.2, 0.25) is 0 Å². The van der Waals surface area contributed by atoms with Crippen molar-refractivity contribution in [2.45, 2.75) is 52.0 Å². The fourth-order valence-corrected chi connectivity index (χ4v) is 2.78. The molecule has 1 fully saturated rings. The van der Waals surface area contributed by atoms with Gasteiger partial charge in [0.1, 0.15) is 0 Å². The highest BCUT2D eigenvalue weighted by Crippen LogP contribution is 2.19. The maximum absolute atomic E-state index is 11.8. The van der Waals surface area contributed by atoms with Crippen molar-refractivity contribution in [3.63, 3.8) is 0 Å². The first-order valence-electron chi connectivity index (χ1n) is 8.49. The van der Waals surface area contributed by atoms with E-state index in [2.05, 4.69) is 20.5 Å². The number of primary amides is 1. The fraction of sp³-hybridized carbons (Fsp3) is 0.812. The third kappa shape index (κ3) is 8.70. The summed E-state index contributed by atoms with van der Waals surface area (Å²) >= 11 is 0. The van der Waals surface area contributed by atoms with Gasteiger partial charge in [-0.2, -0.15) is 0 Å². The molecule has 8 heteroatoms. The van der Waals surface area contributed by atoms with Gasteiger partial charge in [-0.1, -0.05) is 6.92 Å². The van der Waals surface area contributed by atoms with Crippen LogP contribution in [-0.2, 0) is 9.59 Å². The van der Waals surface area contributed by atoms with Gasteiger partial charge in [-0.05, 0) is 32.1 Å². The Morgan fingerprint density at radius 1 is 1.42 bits per heavy atom. The molecule has 0 aromatic carbocycles. The maximum atomic E-state index is 11.8.